The van der Waals surface area contributed by atoms with Gasteiger partial charge in [-0.25, -0.2) is 8.42 Å². The van der Waals surface area contributed by atoms with E-state index in [1.54, 1.807) is 18.3 Å². The van der Waals surface area contributed by atoms with Gasteiger partial charge in [0.05, 0.1) is 4.90 Å². The fourth-order valence-corrected chi connectivity index (χ4v) is 3.80. The Balaban J connectivity index is 1.97. The van der Waals surface area contributed by atoms with Crippen molar-refractivity contribution in [3.05, 3.63) is 59.9 Å². The Morgan fingerprint density at radius 2 is 1.65 bits per heavy atom. The zero-order chi connectivity index (χ0) is 16.7. The lowest BCUT2D eigenvalue weighted by Gasteiger charge is -2.18. The highest BCUT2D eigenvalue weighted by Gasteiger charge is 2.20. The van der Waals surface area contributed by atoms with Crippen LogP contribution in [0.2, 0.25) is 0 Å². The van der Waals surface area contributed by atoms with E-state index in [4.69, 9.17) is 0 Å². The van der Waals surface area contributed by atoms with Gasteiger partial charge in [-0.2, -0.15) is 4.31 Å². The van der Waals surface area contributed by atoms with Crippen LogP contribution in [-0.4, -0.2) is 30.8 Å². The molecule has 0 radical (unpaired) electrons. The van der Waals surface area contributed by atoms with E-state index in [9.17, 15) is 8.42 Å². The molecular weight excluding hydrogens is 310 g/mol. The maximum absolute atomic E-state index is 12.4. The van der Waals surface area contributed by atoms with Crippen molar-refractivity contribution >= 4 is 10.0 Å². The quantitative estimate of drug-likeness (QED) is 0.806. The molecule has 0 saturated carbocycles. The number of aromatic nitrogens is 1. The van der Waals surface area contributed by atoms with E-state index in [0.717, 1.165) is 17.7 Å². The van der Waals surface area contributed by atoms with Gasteiger partial charge in [-0.1, -0.05) is 32.0 Å². The highest BCUT2D eigenvalue weighted by atomic mass is 32.2. The third-order valence-corrected chi connectivity index (χ3v) is 5.71. The number of sulfonamides is 1. The minimum Gasteiger partial charge on any atom is -0.309 e. The van der Waals surface area contributed by atoms with E-state index in [1.165, 1.54) is 4.31 Å². The topological polar surface area (TPSA) is 62.3 Å². The van der Waals surface area contributed by atoms with Crippen molar-refractivity contribution in [1.82, 2.24) is 14.6 Å². The first kappa shape index (κ1) is 17.6. The minimum atomic E-state index is -3.38. The average molecular weight is 333 g/mol. The zero-order valence-corrected chi connectivity index (χ0v) is 14.4. The summed E-state index contributed by atoms with van der Waals surface area (Å²) in [5, 5.41) is 3.32. The molecule has 5 nitrogen and oxygen atoms in total. The van der Waals surface area contributed by atoms with Gasteiger partial charge in [0.2, 0.25) is 10.0 Å². The maximum Gasteiger partial charge on any atom is 0.243 e. The fourth-order valence-electron chi connectivity index (χ4n) is 2.35. The molecule has 0 spiro atoms. The number of hydrogen-bond acceptors (Lipinski definition) is 4. The number of hydrogen-bond donors (Lipinski definition) is 1. The van der Waals surface area contributed by atoms with Crippen molar-refractivity contribution < 1.29 is 8.42 Å². The Bertz CT molecular complexity index is 696. The van der Waals surface area contributed by atoms with Gasteiger partial charge in [0.25, 0.3) is 0 Å². The Kier molecular flexibility index (Phi) is 6.27. The molecule has 0 unspecified atom stereocenters. The molecule has 0 aliphatic carbocycles. The van der Waals surface area contributed by atoms with Gasteiger partial charge in [-0.3, -0.25) is 4.98 Å². The molecule has 1 N–H and O–H groups in total. The van der Waals surface area contributed by atoms with E-state index in [-0.39, 0.29) is 0 Å². The van der Waals surface area contributed by atoms with Crippen molar-refractivity contribution in [3.8, 4) is 0 Å². The Hall–Kier alpha value is -1.76. The molecule has 0 aliphatic heterocycles. The van der Waals surface area contributed by atoms with Gasteiger partial charge in [0.1, 0.15) is 0 Å². The number of pyridine rings is 1. The van der Waals surface area contributed by atoms with Crippen LogP contribution in [0.3, 0.4) is 0 Å². The van der Waals surface area contributed by atoms with Crippen molar-refractivity contribution in [2.45, 2.75) is 31.8 Å². The van der Waals surface area contributed by atoms with Gasteiger partial charge in [0.15, 0.2) is 0 Å². The van der Waals surface area contributed by atoms with Crippen LogP contribution < -0.4 is 5.32 Å². The highest BCUT2D eigenvalue weighted by molar-refractivity contribution is 7.89. The van der Waals surface area contributed by atoms with Crippen molar-refractivity contribution in [2.24, 2.45) is 0 Å². The average Bonchev–Trinajstić information content (AvgIpc) is 2.57. The molecule has 0 saturated heterocycles. The van der Waals surface area contributed by atoms with Gasteiger partial charge < -0.3 is 5.32 Å². The Labute approximate surface area is 138 Å². The molecule has 1 aromatic heterocycles. The summed E-state index contributed by atoms with van der Waals surface area (Å²) in [5.41, 5.74) is 2.17. The third kappa shape index (κ3) is 4.60. The SMILES string of the molecule is CCN(CC)S(=O)(=O)c1ccc(CNCc2cccnc2)cc1. The molecule has 0 amide bonds. The van der Waals surface area contributed by atoms with Crippen molar-refractivity contribution in [2.75, 3.05) is 13.1 Å². The molecule has 23 heavy (non-hydrogen) atoms. The third-order valence-electron chi connectivity index (χ3n) is 3.65. The van der Waals surface area contributed by atoms with E-state index in [2.05, 4.69) is 10.3 Å². The molecule has 1 heterocycles. The van der Waals surface area contributed by atoms with Gasteiger partial charge in [-0.05, 0) is 29.3 Å². The second-order valence-corrected chi connectivity index (χ2v) is 7.14. The standard InChI is InChI=1S/C17H23N3O2S/c1-3-20(4-2)23(21,22)17-9-7-15(8-10-17)12-19-14-16-6-5-11-18-13-16/h5-11,13,19H,3-4,12,14H2,1-2H3. The van der Waals surface area contributed by atoms with Gasteiger partial charge in [-0.15, -0.1) is 0 Å². The molecule has 2 aromatic rings. The molecule has 0 atom stereocenters. The normalized spacial score (nSPS) is 11.8. The lowest BCUT2D eigenvalue weighted by atomic mass is 10.2. The van der Waals surface area contributed by atoms with Crippen LogP contribution in [0.1, 0.15) is 25.0 Å². The molecule has 0 fully saturated rings. The summed E-state index contributed by atoms with van der Waals surface area (Å²) in [4.78, 5) is 4.41. The smallest absolute Gasteiger partial charge is 0.243 e. The van der Waals surface area contributed by atoms with Crippen LogP contribution in [-0.2, 0) is 23.1 Å². The first-order valence-corrected chi connectivity index (χ1v) is 9.20. The molecule has 0 aliphatic rings. The lowest BCUT2D eigenvalue weighted by molar-refractivity contribution is 0.445. The summed E-state index contributed by atoms with van der Waals surface area (Å²) in [6.07, 6.45) is 3.57. The zero-order valence-electron chi connectivity index (χ0n) is 13.6. The highest BCUT2D eigenvalue weighted by Crippen LogP contribution is 2.16. The Morgan fingerprint density at radius 1 is 1.00 bits per heavy atom. The fraction of sp³-hybridized carbons (Fsp3) is 0.353. The number of nitrogens with zero attached hydrogens (tertiary/aromatic N) is 2. The van der Waals surface area contributed by atoms with Crippen molar-refractivity contribution in [1.29, 1.82) is 0 Å². The number of benzene rings is 1. The molecule has 2 rings (SSSR count). The van der Waals surface area contributed by atoms with E-state index in [1.807, 2.05) is 44.3 Å². The molecule has 0 bridgehead atoms. The summed E-state index contributed by atoms with van der Waals surface area (Å²) >= 11 is 0. The molecule has 1 aromatic carbocycles. The molecular formula is C17H23N3O2S. The summed E-state index contributed by atoms with van der Waals surface area (Å²) in [7, 11) is -3.38. The number of rotatable bonds is 8. The minimum absolute atomic E-state index is 0.345. The second-order valence-electron chi connectivity index (χ2n) is 5.20. The van der Waals surface area contributed by atoms with Crippen molar-refractivity contribution in [3.63, 3.8) is 0 Å². The lowest BCUT2D eigenvalue weighted by Crippen LogP contribution is -2.30. The van der Waals surface area contributed by atoms with Crippen LogP contribution in [0.5, 0.6) is 0 Å². The first-order chi connectivity index (χ1) is 11.1. The predicted octanol–water partition coefficient (Wildman–Crippen LogP) is 2.40. The summed E-state index contributed by atoms with van der Waals surface area (Å²) in [5.74, 6) is 0. The largest absolute Gasteiger partial charge is 0.309 e. The monoisotopic (exact) mass is 333 g/mol. The van der Waals surface area contributed by atoms with Crippen LogP contribution >= 0.6 is 0 Å². The van der Waals surface area contributed by atoms with Crippen LogP contribution in [0.25, 0.3) is 0 Å². The second kappa shape index (κ2) is 8.19. The summed E-state index contributed by atoms with van der Waals surface area (Å²) in [6, 6.07) is 11.0. The van der Waals surface area contributed by atoms with E-state index < -0.39 is 10.0 Å². The Morgan fingerprint density at radius 3 is 2.22 bits per heavy atom. The van der Waals surface area contributed by atoms with Crippen LogP contribution in [0, 0.1) is 0 Å². The van der Waals surface area contributed by atoms with Crippen LogP contribution in [0.4, 0.5) is 0 Å². The van der Waals surface area contributed by atoms with E-state index in [0.29, 0.717) is 24.5 Å². The van der Waals surface area contributed by atoms with Gasteiger partial charge in [0, 0.05) is 38.6 Å². The van der Waals surface area contributed by atoms with E-state index >= 15 is 0 Å². The maximum atomic E-state index is 12.4. The predicted molar refractivity (Wildman–Crippen MR) is 91.3 cm³/mol. The molecule has 124 valence electrons. The summed E-state index contributed by atoms with van der Waals surface area (Å²) in [6.45, 7) is 6.06. The molecule has 6 heteroatoms. The number of nitrogens with one attached hydrogen (secondary N) is 1. The summed E-state index contributed by atoms with van der Waals surface area (Å²) < 4.78 is 26.3. The van der Waals surface area contributed by atoms with Crippen LogP contribution in [0.15, 0.2) is 53.7 Å². The van der Waals surface area contributed by atoms with Gasteiger partial charge >= 0.3 is 0 Å². The first-order valence-electron chi connectivity index (χ1n) is 7.76.